The van der Waals surface area contributed by atoms with Gasteiger partial charge in [0.2, 0.25) is 5.78 Å². The number of carbonyl (C=O) groups excluding carboxylic acids is 2. The maximum atomic E-state index is 13.8. The van der Waals surface area contributed by atoms with Gasteiger partial charge in [-0.2, -0.15) is 0 Å². The Labute approximate surface area is 153 Å². The van der Waals surface area contributed by atoms with Crippen molar-refractivity contribution >= 4 is 27.7 Å². The van der Waals surface area contributed by atoms with Crippen molar-refractivity contribution in [3.63, 3.8) is 0 Å². The van der Waals surface area contributed by atoms with Crippen molar-refractivity contribution in [1.82, 2.24) is 4.57 Å². The molecule has 0 radical (unpaired) electrons. The number of rotatable bonds is 7. The summed E-state index contributed by atoms with van der Waals surface area (Å²) < 4.78 is 26.3. The van der Waals surface area contributed by atoms with E-state index in [1.807, 2.05) is 18.4 Å². The minimum atomic E-state index is -0.869. The van der Waals surface area contributed by atoms with Gasteiger partial charge in [0.1, 0.15) is 5.82 Å². The molecule has 1 aromatic carbocycles. The molecule has 0 spiro atoms. The van der Waals surface area contributed by atoms with Gasteiger partial charge in [0, 0.05) is 35.1 Å². The number of halogens is 2. The number of aromatic nitrogens is 1. The summed E-state index contributed by atoms with van der Waals surface area (Å²) >= 11 is 3.12. The van der Waals surface area contributed by atoms with E-state index in [2.05, 4.69) is 15.9 Å². The van der Waals surface area contributed by atoms with Crippen LogP contribution in [0.4, 0.5) is 4.39 Å². The molecule has 0 N–H and O–H groups in total. The molecular formula is C18H19BrFNO4. The fourth-order valence-corrected chi connectivity index (χ4v) is 2.88. The fourth-order valence-electron chi connectivity index (χ4n) is 2.55. The van der Waals surface area contributed by atoms with E-state index in [-0.39, 0.29) is 11.3 Å². The van der Waals surface area contributed by atoms with Crippen LogP contribution in [0, 0.1) is 19.7 Å². The summed E-state index contributed by atoms with van der Waals surface area (Å²) in [5.41, 5.74) is 1.98. The molecule has 0 fully saturated rings. The second kappa shape index (κ2) is 8.40. The Morgan fingerprint density at radius 2 is 1.92 bits per heavy atom. The molecule has 1 aromatic heterocycles. The summed E-state index contributed by atoms with van der Waals surface area (Å²) in [7, 11) is 1.61. The standard InChI is InChI=1S/C18H19BrFNO4/c1-11-8-15(12(2)21(11)6-7-24-3)17(22)10-25-18(23)14-5-4-13(19)9-16(14)20/h4-5,8-9H,6-7,10H2,1-3H3. The summed E-state index contributed by atoms with van der Waals surface area (Å²) in [4.78, 5) is 24.3. The lowest BCUT2D eigenvalue weighted by atomic mass is 10.1. The SMILES string of the molecule is COCCn1c(C)cc(C(=O)COC(=O)c2ccc(Br)cc2F)c1C. The van der Waals surface area contributed by atoms with Crippen molar-refractivity contribution < 1.29 is 23.5 Å². The Balaban J connectivity index is 2.06. The number of aryl methyl sites for hydroxylation is 1. The minimum absolute atomic E-state index is 0.207. The van der Waals surface area contributed by atoms with E-state index in [4.69, 9.17) is 9.47 Å². The number of carbonyl (C=O) groups is 2. The van der Waals surface area contributed by atoms with Gasteiger partial charge in [-0.15, -0.1) is 0 Å². The first-order valence-corrected chi connectivity index (χ1v) is 8.45. The first-order valence-electron chi connectivity index (χ1n) is 7.66. The summed E-state index contributed by atoms with van der Waals surface area (Å²) in [5, 5.41) is 0. The summed E-state index contributed by atoms with van der Waals surface area (Å²) in [6, 6.07) is 5.76. The van der Waals surface area contributed by atoms with Gasteiger partial charge in [-0.05, 0) is 38.1 Å². The van der Waals surface area contributed by atoms with Gasteiger partial charge in [0.05, 0.1) is 12.2 Å². The summed E-state index contributed by atoms with van der Waals surface area (Å²) in [6.45, 7) is 4.44. The van der Waals surface area contributed by atoms with E-state index in [0.717, 1.165) is 11.4 Å². The van der Waals surface area contributed by atoms with Crippen molar-refractivity contribution in [3.8, 4) is 0 Å². The third-order valence-corrected chi connectivity index (χ3v) is 4.37. The van der Waals surface area contributed by atoms with E-state index in [1.54, 1.807) is 13.2 Å². The molecule has 0 bridgehead atoms. The summed E-state index contributed by atoms with van der Waals surface area (Å²) in [6.07, 6.45) is 0. The fraction of sp³-hybridized carbons (Fsp3) is 0.333. The minimum Gasteiger partial charge on any atom is -0.454 e. The largest absolute Gasteiger partial charge is 0.454 e. The zero-order valence-corrected chi connectivity index (χ0v) is 15.9. The first kappa shape index (κ1) is 19.3. The highest BCUT2D eigenvalue weighted by molar-refractivity contribution is 9.10. The number of Topliss-reactive ketones (excluding diaryl/α,β-unsaturated/α-hetero) is 1. The van der Waals surface area contributed by atoms with Crippen LogP contribution in [0.15, 0.2) is 28.7 Å². The molecule has 5 nitrogen and oxygen atoms in total. The predicted molar refractivity (Wildman–Crippen MR) is 94.5 cm³/mol. The number of hydrogen-bond acceptors (Lipinski definition) is 4. The van der Waals surface area contributed by atoms with Gasteiger partial charge in [-0.3, -0.25) is 4.79 Å². The molecule has 0 aliphatic carbocycles. The topological polar surface area (TPSA) is 57.5 Å². The second-order valence-corrected chi connectivity index (χ2v) is 6.47. The number of methoxy groups -OCH3 is 1. The second-order valence-electron chi connectivity index (χ2n) is 5.55. The van der Waals surface area contributed by atoms with Crippen molar-refractivity contribution in [2.75, 3.05) is 20.3 Å². The highest BCUT2D eigenvalue weighted by Gasteiger charge is 2.19. The van der Waals surface area contributed by atoms with Gasteiger partial charge < -0.3 is 14.0 Å². The van der Waals surface area contributed by atoms with E-state index in [0.29, 0.717) is 23.2 Å². The lowest BCUT2D eigenvalue weighted by Gasteiger charge is -2.09. The van der Waals surface area contributed by atoms with Gasteiger partial charge in [-0.1, -0.05) is 15.9 Å². The average molecular weight is 412 g/mol. The Bertz CT molecular complexity index is 801. The predicted octanol–water partition coefficient (Wildman–Crippen LogP) is 3.69. The molecule has 7 heteroatoms. The maximum Gasteiger partial charge on any atom is 0.341 e. The van der Waals surface area contributed by atoms with Crippen molar-refractivity contribution in [1.29, 1.82) is 0 Å². The van der Waals surface area contributed by atoms with Crippen LogP contribution in [0.1, 0.15) is 32.1 Å². The molecule has 25 heavy (non-hydrogen) atoms. The van der Waals surface area contributed by atoms with Crippen LogP contribution in [0.2, 0.25) is 0 Å². The van der Waals surface area contributed by atoms with Crippen molar-refractivity contribution in [2.24, 2.45) is 0 Å². The molecule has 0 saturated carbocycles. The molecule has 0 atom stereocenters. The Morgan fingerprint density at radius 3 is 2.56 bits per heavy atom. The molecule has 134 valence electrons. The van der Waals surface area contributed by atoms with Crippen molar-refractivity contribution in [2.45, 2.75) is 20.4 Å². The number of ether oxygens (including phenoxy) is 2. The molecule has 2 rings (SSSR count). The molecule has 0 amide bonds. The van der Waals surface area contributed by atoms with Crippen LogP contribution in [0.3, 0.4) is 0 Å². The number of esters is 1. The highest BCUT2D eigenvalue weighted by Crippen LogP contribution is 2.18. The molecule has 0 unspecified atom stereocenters. The molecule has 0 aliphatic rings. The third-order valence-electron chi connectivity index (χ3n) is 3.88. The van der Waals surface area contributed by atoms with Crippen LogP contribution < -0.4 is 0 Å². The van der Waals surface area contributed by atoms with E-state index < -0.39 is 18.4 Å². The van der Waals surface area contributed by atoms with Gasteiger partial charge in [0.15, 0.2) is 6.61 Å². The van der Waals surface area contributed by atoms with E-state index >= 15 is 0 Å². The van der Waals surface area contributed by atoms with Gasteiger partial charge in [-0.25, -0.2) is 9.18 Å². The molecule has 0 aliphatic heterocycles. The van der Waals surface area contributed by atoms with E-state index in [1.165, 1.54) is 18.2 Å². The van der Waals surface area contributed by atoms with Gasteiger partial charge >= 0.3 is 5.97 Å². The molecule has 0 saturated heterocycles. The monoisotopic (exact) mass is 411 g/mol. The van der Waals surface area contributed by atoms with Gasteiger partial charge in [0.25, 0.3) is 0 Å². The number of hydrogen-bond donors (Lipinski definition) is 0. The number of ketones is 1. The van der Waals surface area contributed by atoms with E-state index in [9.17, 15) is 14.0 Å². The molecule has 1 heterocycles. The zero-order valence-electron chi connectivity index (χ0n) is 14.3. The number of benzene rings is 1. The summed E-state index contributed by atoms with van der Waals surface area (Å²) in [5.74, 6) is -1.90. The van der Waals surface area contributed by atoms with Crippen molar-refractivity contribution in [3.05, 3.63) is 57.1 Å². The lowest BCUT2D eigenvalue weighted by molar-refractivity contribution is 0.0470. The Morgan fingerprint density at radius 1 is 1.20 bits per heavy atom. The lowest BCUT2D eigenvalue weighted by Crippen LogP contribution is -2.16. The number of nitrogens with zero attached hydrogens (tertiary/aromatic N) is 1. The zero-order chi connectivity index (χ0) is 18.6. The third kappa shape index (κ3) is 4.55. The van der Waals surface area contributed by atoms with Crippen LogP contribution in [0.5, 0.6) is 0 Å². The van der Waals surface area contributed by atoms with Crippen LogP contribution in [0.25, 0.3) is 0 Å². The Kier molecular flexibility index (Phi) is 6.50. The molecular weight excluding hydrogens is 393 g/mol. The maximum absolute atomic E-state index is 13.8. The average Bonchev–Trinajstić information content (AvgIpc) is 2.85. The highest BCUT2D eigenvalue weighted by atomic mass is 79.9. The quantitative estimate of drug-likeness (QED) is 0.514. The normalized spacial score (nSPS) is 10.8. The van der Waals surface area contributed by atoms with Crippen LogP contribution >= 0.6 is 15.9 Å². The molecule has 2 aromatic rings. The van der Waals surface area contributed by atoms with Crippen LogP contribution in [-0.2, 0) is 16.0 Å². The first-order chi connectivity index (χ1) is 11.8. The smallest absolute Gasteiger partial charge is 0.341 e. The Hall–Kier alpha value is -1.99. The van der Waals surface area contributed by atoms with Crippen LogP contribution in [-0.4, -0.2) is 36.6 Å².